The van der Waals surface area contributed by atoms with Gasteiger partial charge in [0, 0.05) is 62.8 Å². The molecule has 2 aliphatic rings. The van der Waals surface area contributed by atoms with Gasteiger partial charge in [-0.15, -0.1) is 0 Å². The Balaban J connectivity index is 1.12. The van der Waals surface area contributed by atoms with Gasteiger partial charge in [-0.25, -0.2) is 19.7 Å². The second-order valence-corrected chi connectivity index (χ2v) is 12.1. The number of likely N-dealkylation sites (tertiary alicyclic amines) is 1. The topological polar surface area (TPSA) is 105 Å². The third kappa shape index (κ3) is 7.44. The number of ether oxygens (including phenoxy) is 1. The maximum atomic E-state index is 12.9. The van der Waals surface area contributed by atoms with Crippen molar-refractivity contribution in [3.8, 4) is 11.3 Å². The van der Waals surface area contributed by atoms with Crippen molar-refractivity contribution < 1.29 is 14.3 Å². The first-order chi connectivity index (χ1) is 22.1. The fourth-order valence-electron chi connectivity index (χ4n) is 6.55. The fraction of sp³-hybridized carbons (Fsp3) is 0.457. The molecule has 1 N–H and O–H groups in total. The maximum absolute atomic E-state index is 12.9. The first-order valence-corrected chi connectivity index (χ1v) is 16.4. The summed E-state index contributed by atoms with van der Waals surface area (Å²) in [7, 11) is 0. The van der Waals surface area contributed by atoms with Crippen LogP contribution in [0.5, 0.6) is 0 Å². The van der Waals surface area contributed by atoms with Gasteiger partial charge in [-0.2, -0.15) is 0 Å². The van der Waals surface area contributed by atoms with Crippen molar-refractivity contribution >= 4 is 28.9 Å². The summed E-state index contributed by atoms with van der Waals surface area (Å²) in [6.07, 6.45) is 11.4. The first-order valence-electron chi connectivity index (χ1n) is 16.4. The number of fused-ring (bicyclic) bond motifs is 1. The summed E-state index contributed by atoms with van der Waals surface area (Å²) in [5, 5.41) is 2.99. The van der Waals surface area contributed by atoms with Crippen LogP contribution in [0.15, 0.2) is 67.3 Å². The van der Waals surface area contributed by atoms with Gasteiger partial charge >= 0.3 is 6.09 Å². The number of nitrogens with zero attached hydrogens (tertiary/aromatic N) is 6. The standard InChI is InChI=1S/C35H43N7O3/c1-2-3-23-45-35(44)42-19-13-27(14-20-42)26-11-17-41(18-12-26)33-32(28-7-5-4-6-8-28)38-31-24-29(9-10-30(31)39-33)34(43)37-16-22-40-21-15-36-25-40/h4-10,15,21,24-27H,2-3,11-14,16-20,22-23H2,1H3,(H,37,43). The van der Waals surface area contributed by atoms with Gasteiger partial charge in [-0.1, -0.05) is 43.7 Å². The molecule has 0 radical (unpaired) electrons. The molecule has 10 heteroatoms. The van der Waals surface area contributed by atoms with Crippen LogP contribution in [-0.4, -0.2) is 75.8 Å². The number of anilines is 1. The lowest BCUT2D eigenvalue weighted by Gasteiger charge is -2.40. The summed E-state index contributed by atoms with van der Waals surface area (Å²) in [5.41, 5.74) is 3.90. The van der Waals surface area contributed by atoms with E-state index in [1.807, 2.05) is 52.1 Å². The smallest absolute Gasteiger partial charge is 0.409 e. The Morgan fingerprint density at radius 3 is 2.40 bits per heavy atom. The number of amides is 2. The minimum atomic E-state index is -0.154. The molecule has 45 heavy (non-hydrogen) atoms. The van der Waals surface area contributed by atoms with Gasteiger partial charge in [0.1, 0.15) is 5.69 Å². The molecule has 4 aromatic rings. The van der Waals surface area contributed by atoms with Gasteiger partial charge in [0.2, 0.25) is 0 Å². The van der Waals surface area contributed by atoms with Gasteiger partial charge in [-0.05, 0) is 62.1 Å². The quantitative estimate of drug-likeness (QED) is 0.227. The highest BCUT2D eigenvalue weighted by Gasteiger charge is 2.32. The van der Waals surface area contributed by atoms with E-state index in [1.54, 1.807) is 12.5 Å². The van der Waals surface area contributed by atoms with Crippen LogP contribution in [0.2, 0.25) is 0 Å². The monoisotopic (exact) mass is 609 g/mol. The van der Waals surface area contributed by atoms with E-state index < -0.39 is 0 Å². The van der Waals surface area contributed by atoms with Crippen LogP contribution in [0.4, 0.5) is 10.6 Å². The molecular formula is C35H43N7O3. The highest BCUT2D eigenvalue weighted by atomic mass is 16.6. The van der Waals surface area contributed by atoms with Crippen LogP contribution >= 0.6 is 0 Å². The number of unbranched alkanes of at least 4 members (excludes halogenated alkanes) is 1. The number of piperidine rings is 2. The van der Waals surface area contributed by atoms with Gasteiger partial charge in [0.25, 0.3) is 5.91 Å². The lowest BCUT2D eigenvalue weighted by molar-refractivity contribution is 0.0770. The van der Waals surface area contributed by atoms with E-state index in [2.05, 4.69) is 34.3 Å². The average molecular weight is 610 g/mol. The Bertz CT molecular complexity index is 1560. The molecule has 2 aromatic carbocycles. The minimum absolute atomic E-state index is 0.134. The van der Waals surface area contributed by atoms with Gasteiger partial charge in [-0.3, -0.25) is 4.79 Å². The molecule has 0 bridgehead atoms. The van der Waals surface area contributed by atoms with Crippen molar-refractivity contribution in [2.24, 2.45) is 11.8 Å². The average Bonchev–Trinajstić information content (AvgIpc) is 3.62. The van der Waals surface area contributed by atoms with E-state index in [9.17, 15) is 9.59 Å². The van der Waals surface area contributed by atoms with Gasteiger partial charge in [0.05, 0.1) is 24.0 Å². The zero-order valence-electron chi connectivity index (χ0n) is 26.1. The molecule has 236 valence electrons. The molecule has 6 rings (SSSR count). The highest BCUT2D eigenvalue weighted by Crippen LogP contribution is 2.36. The van der Waals surface area contributed by atoms with E-state index in [1.165, 1.54) is 0 Å². The molecule has 0 atom stereocenters. The van der Waals surface area contributed by atoms with E-state index in [-0.39, 0.29) is 12.0 Å². The van der Waals surface area contributed by atoms with Gasteiger partial charge in [0.15, 0.2) is 5.82 Å². The van der Waals surface area contributed by atoms with Crippen LogP contribution in [0, 0.1) is 11.8 Å². The lowest BCUT2D eigenvalue weighted by Crippen LogP contribution is -2.43. The molecule has 2 amide bonds. The molecule has 0 spiro atoms. The fourth-order valence-corrected chi connectivity index (χ4v) is 6.55. The molecular weight excluding hydrogens is 566 g/mol. The zero-order valence-corrected chi connectivity index (χ0v) is 26.1. The number of imidazole rings is 1. The van der Waals surface area contributed by atoms with E-state index in [0.29, 0.717) is 42.6 Å². The lowest BCUT2D eigenvalue weighted by atomic mass is 9.79. The van der Waals surface area contributed by atoms with Crippen LogP contribution < -0.4 is 10.2 Å². The van der Waals surface area contributed by atoms with E-state index in [0.717, 1.165) is 87.3 Å². The number of nitrogens with one attached hydrogen (secondary N) is 1. The minimum Gasteiger partial charge on any atom is -0.449 e. The molecule has 2 aromatic heterocycles. The SMILES string of the molecule is CCCCOC(=O)N1CCC(C2CCN(c3nc4ccc(C(=O)NCCn5ccnc5)cc4nc3-c3ccccc3)CC2)CC1. The van der Waals surface area contributed by atoms with Crippen molar-refractivity contribution in [3.05, 3.63) is 72.8 Å². The second-order valence-electron chi connectivity index (χ2n) is 12.1. The predicted molar refractivity (Wildman–Crippen MR) is 175 cm³/mol. The molecule has 10 nitrogen and oxygen atoms in total. The van der Waals surface area contributed by atoms with Crippen LogP contribution in [0.1, 0.15) is 55.8 Å². The highest BCUT2D eigenvalue weighted by molar-refractivity contribution is 5.98. The van der Waals surface area contributed by atoms with Crippen molar-refractivity contribution in [2.75, 3.05) is 44.2 Å². The van der Waals surface area contributed by atoms with Crippen molar-refractivity contribution in [1.29, 1.82) is 0 Å². The number of aromatic nitrogens is 4. The van der Waals surface area contributed by atoms with Crippen molar-refractivity contribution in [2.45, 2.75) is 52.0 Å². The Labute approximate surface area is 264 Å². The van der Waals surface area contributed by atoms with E-state index >= 15 is 0 Å². The first kappa shape index (κ1) is 30.6. The summed E-state index contributed by atoms with van der Waals surface area (Å²) in [5.74, 6) is 2.04. The van der Waals surface area contributed by atoms with E-state index in [4.69, 9.17) is 14.7 Å². The Morgan fingerprint density at radius 2 is 1.69 bits per heavy atom. The van der Waals surface area contributed by atoms with Crippen molar-refractivity contribution in [3.63, 3.8) is 0 Å². The summed E-state index contributed by atoms with van der Waals surface area (Å²) < 4.78 is 7.36. The van der Waals surface area contributed by atoms with Crippen LogP contribution in [0.25, 0.3) is 22.3 Å². The number of benzene rings is 2. The molecule has 2 fully saturated rings. The third-order valence-electron chi connectivity index (χ3n) is 9.20. The Hall–Kier alpha value is -4.47. The number of hydrogen-bond donors (Lipinski definition) is 1. The van der Waals surface area contributed by atoms with Crippen LogP contribution in [0.3, 0.4) is 0 Å². The summed E-state index contributed by atoms with van der Waals surface area (Å²) in [6.45, 7) is 7.19. The molecule has 0 saturated carbocycles. The van der Waals surface area contributed by atoms with Gasteiger partial charge < -0.3 is 24.4 Å². The summed E-state index contributed by atoms with van der Waals surface area (Å²) >= 11 is 0. The molecule has 2 aliphatic heterocycles. The number of carbonyl (C=O) groups excluding carboxylic acids is 2. The predicted octanol–water partition coefficient (Wildman–Crippen LogP) is 5.79. The maximum Gasteiger partial charge on any atom is 0.409 e. The molecule has 4 heterocycles. The number of rotatable bonds is 10. The summed E-state index contributed by atoms with van der Waals surface area (Å²) in [4.78, 5) is 43.9. The van der Waals surface area contributed by atoms with Crippen LogP contribution in [-0.2, 0) is 11.3 Å². The third-order valence-corrected chi connectivity index (χ3v) is 9.20. The summed E-state index contributed by atoms with van der Waals surface area (Å²) in [6, 6.07) is 15.8. The zero-order chi connectivity index (χ0) is 31.0. The Kier molecular flexibility index (Phi) is 9.87. The Morgan fingerprint density at radius 1 is 0.933 bits per heavy atom. The molecule has 0 unspecified atom stereocenters. The molecule has 2 saturated heterocycles. The molecule has 0 aliphatic carbocycles. The number of hydrogen-bond acceptors (Lipinski definition) is 7. The number of carbonyl (C=O) groups is 2. The normalized spacial score (nSPS) is 16.2. The largest absolute Gasteiger partial charge is 0.449 e. The second kappa shape index (κ2) is 14.5. The van der Waals surface area contributed by atoms with Crippen molar-refractivity contribution in [1.82, 2.24) is 29.7 Å².